The predicted octanol–water partition coefficient (Wildman–Crippen LogP) is 1.78. The van der Waals surface area contributed by atoms with E-state index in [2.05, 4.69) is 10.4 Å². The first kappa shape index (κ1) is 14.2. The summed E-state index contributed by atoms with van der Waals surface area (Å²) < 4.78 is 0. The number of aryl methyl sites for hydroxylation is 1. The van der Waals surface area contributed by atoms with Gasteiger partial charge < -0.3 is 5.32 Å². The zero-order valence-electron chi connectivity index (χ0n) is 12.0. The molecule has 0 unspecified atom stereocenters. The van der Waals surface area contributed by atoms with Crippen molar-refractivity contribution in [3.8, 4) is 0 Å². The lowest BCUT2D eigenvalue weighted by molar-refractivity contribution is -0.130. The molecular formula is C15H19N3O2. The quantitative estimate of drug-likeness (QED) is 0.912. The van der Waals surface area contributed by atoms with E-state index in [1.54, 1.807) is 7.05 Å². The second kappa shape index (κ2) is 5.86. The Kier molecular flexibility index (Phi) is 4.17. The van der Waals surface area contributed by atoms with Gasteiger partial charge in [-0.15, -0.1) is 0 Å². The van der Waals surface area contributed by atoms with E-state index in [9.17, 15) is 9.59 Å². The van der Waals surface area contributed by atoms with Crippen LogP contribution in [-0.2, 0) is 9.59 Å². The van der Waals surface area contributed by atoms with Gasteiger partial charge in [-0.25, -0.2) is 5.01 Å². The van der Waals surface area contributed by atoms with Crippen molar-refractivity contribution < 1.29 is 9.59 Å². The third kappa shape index (κ3) is 3.04. The minimum Gasteiger partial charge on any atom is -0.344 e. The highest BCUT2D eigenvalue weighted by Crippen LogP contribution is 2.17. The molecule has 106 valence electrons. The Hall–Kier alpha value is -2.17. The first-order valence-electron chi connectivity index (χ1n) is 6.69. The van der Waals surface area contributed by atoms with Crippen molar-refractivity contribution in [2.45, 2.75) is 32.7 Å². The van der Waals surface area contributed by atoms with Gasteiger partial charge in [0, 0.05) is 19.9 Å². The Morgan fingerprint density at radius 3 is 2.70 bits per heavy atom. The molecule has 1 aromatic carbocycles. The van der Waals surface area contributed by atoms with Gasteiger partial charge >= 0.3 is 0 Å². The minimum atomic E-state index is -0.208. The van der Waals surface area contributed by atoms with Crippen LogP contribution in [0.15, 0.2) is 29.4 Å². The second-order valence-corrected chi connectivity index (χ2v) is 5.02. The maximum atomic E-state index is 12.2. The van der Waals surface area contributed by atoms with Crippen molar-refractivity contribution in [2.75, 3.05) is 7.05 Å². The average Bonchev–Trinajstić information content (AvgIpc) is 2.42. The van der Waals surface area contributed by atoms with Gasteiger partial charge in [0.1, 0.15) is 5.71 Å². The van der Waals surface area contributed by atoms with Crippen molar-refractivity contribution in [1.29, 1.82) is 0 Å². The molecule has 1 N–H and O–H groups in total. The first-order chi connectivity index (χ1) is 9.49. The highest BCUT2D eigenvalue weighted by atomic mass is 16.2. The van der Waals surface area contributed by atoms with Crippen LogP contribution in [0.4, 0.5) is 0 Å². The molecule has 0 saturated carbocycles. The standard InChI is InChI=1S/C15H19N3O2/c1-10-6-4-5-7-12(10)11(2)16-15(20)13-8-9-14(19)18(3)17-13/h4-7,11H,8-9H2,1-3H3,(H,16,20)/t11-/m0/s1. The number of nitrogens with one attached hydrogen (secondary N) is 1. The van der Waals surface area contributed by atoms with Crippen molar-refractivity contribution in [3.05, 3.63) is 35.4 Å². The Bertz CT molecular complexity index is 566. The number of hydrogen-bond acceptors (Lipinski definition) is 3. The lowest BCUT2D eigenvalue weighted by Crippen LogP contribution is -2.38. The third-order valence-electron chi connectivity index (χ3n) is 3.47. The Morgan fingerprint density at radius 2 is 2.05 bits per heavy atom. The van der Waals surface area contributed by atoms with Gasteiger partial charge in [0.25, 0.3) is 5.91 Å². The molecule has 0 radical (unpaired) electrons. The van der Waals surface area contributed by atoms with Gasteiger partial charge in [-0.05, 0) is 25.0 Å². The topological polar surface area (TPSA) is 61.8 Å². The molecule has 0 bridgehead atoms. The summed E-state index contributed by atoms with van der Waals surface area (Å²) in [4.78, 5) is 23.5. The molecule has 1 aliphatic rings. The maximum Gasteiger partial charge on any atom is 0.267 e. The molecule has 1 heterocycles. The molecule has 5 heteroatoms. The fourth-order valence-electron chi connectivity index (χ4n) is 2.26. The Labute approximate surface area is 118 Å². The number of nitrogens with zero attached hydrogens (tertiary/aromatic N) is 2. The summed E-state index contributed by atoms with van der Waals surface area (Å²) in [5.41, 5.74) is 2.63. The number of carbonyl (C=O) groups excluding carboxylic acids is 2. The van der Waals surface area contributed by atoms with Gasteiger partial charge in [0.2, 0.25) is 5.91 Å². The number of carbonyl (C=O) groups is 2. The van der Waals surface area contributed by atoms with E-state index in [0.717, 1.165) is 11.1 Å². The van der Waals surface area contributed by atoms with Crippen molar-refractivity contribution >= 4 is 17.5 Å². The monoisotopic (exact) mass is 273 g/mol. The van der Waals surface area contributed by atoms with E-state index >= 15 is 0 Å². The lowest BCUT2D eigenvalue weighted by atomic mass is 10.0. The average molecular weight is 273 g/mol. The Balaban J connectivity index is 2.07. The molecule has 1 aliphatic heterocycles. The molecule has 0 fully saturated rings. The molecule has 2 rings (SSSR count). The predicted molar refractivity (Wildman–Crippen MR) is 77.2 cm³/mol. The minimum absolute atomic E-state index is 0.0616. The summed E-state index contributed by atoms with van der Waals surface area (Å²) in [5.74, 6) is -0.270. The maximum absolute atomic E-state index is 12.2. The van der Waals surface area contributed by atoms with Crippen LogP contribution in [0.2, 0.25) is 0 Å². The van der Waals surface area contributed by atoms with E-state index in [1.165, 1.54) is 5.01 Å². The van der Waals surface area contributed by atoms with Crippen LogP contribution in [0.5, 0.6) is 0 Å². The number of benzene rings is 1. The van der Waals surface area contributed by atoms with Gasteiger partial charge in [-0.2, -0.15) is 5.10 Å². The second-order valence-electron chi connectivity index (χ2n) is 5.02. The smallest absolute Gasteiger partial charge is 0.267 e. The van der Waals surface area contributed by atoms with E-state index in [1.807, 2.05) is 38.1 Å². The van der Waals surface area contributed by atoms with Crippen molar-refractivity contribution in [3.63, 3.8) is 0 Å². The fraction of sp³-hybridized carbons (Fsp3) is 0.400. The highest BCUT2D eigenvalue weighted by molar-refractivity contribution is 6.39. The normalized spacial score (nSPS) is 16.6. The van der Waals surface area contributed by atoms with E-state index < -0.39 is 0 Å². The molecular weight excluding hydrogens is 254 g/mol. The molecule has 1 aromatic rings. The van der Waals surface area contributed by atoms with Gasteiger partial charge in [-0.3, -0.25) is 9.59 Å². The molecule has 0 spiro atoms. The summed E-state index contributed by atoms with van der Waals surface area (Å²) in [6.45, 7) is 3.96. The van der Waals surface area contributed by atoms with Crippen LogP contribution in [-0.4, -0.2) is 29.6 Å². The molecule has 2 amide bonds. The third-order valence-corrected chi connectivity index (χ3v) is 3.47. The largest absolute Gasteiger partial charge is 0.344 e. The summed E-state index contributed by atoms with van der Waals surface area (Å²) in [5, 5.41) is 8.19. The SMILES string of the molecule is Cc1ccccc1[C@H](C)NC(=O)C1=NN(C)C(=O)CC1. The molecule has 5 nitrogen and oxygen atoms in total. The summed E-state index contributed by atoms with van der Waals surface area (Å²) in [6, 6.07) is 7.85. The van der Waals surface area contributed by atoms with Crippen LogP contribution in [0.1, 0.15) is 36.9 Å². The van der Waals surface area contributed by atoms with Gasteiger partial charge in [0.05, 0.1) is 6.04 Å². The highest BCUT2D eigenvalue weighted by Gasteiger charge is 2.23. The van der Waals surface area contributed by atoms with Crippen molar-refractivity contribution in [1.82, 2.24) is 10.3 Å². The zero-order chi connectivity index (χ0) is 14.7. The van der Waals surface area contributed by atoms with Crippen molar-refractivity contribution in [2.24, 2.45) is 5.10 Å². The van der Waals surface area contributed by atoms with Crippen LogP contribution in [0.25, 0.3) is 0 Å². The summed E-state index contributed by atoms with van der Waals surface area (Å²) in [6.07, 6.45) is 0.733. The van der Waals surface area contributed by atoms with Crippen LogP contribution < -0.4 is 5.32 Å². The molecule has 20 heavy (non-hydrogen) atoms. The van der Waals surface area contributed by atoms with E-state index in [0.29, 0.717) is 18.6 Å². The van der Waals surface area contributed by atoms with Crippen LogP contribution in [0.3, 0.4) is 0 Å². The molecule has 1 atom stereocenters. The number of hydrazone groups is 1. The zero-order valence-corrected chi connectivity index (χ0v) is 12.0. The lowest BCUT2D eigenvalue weighted by Gasteiger charge is -2.21. The number of amides is 2. The number of hydrogen-bond donors (Lipinski definition) is 1. The fourth-order valence-corrected chi connectivity index (χ4v) is 2.26. The summed E-state index contributed by atoms with van der Waals surface area (Å²) >= 11 is 0. The molecule has 0 saturated heterocycles. The van der Waals surface area contributed by atoms with Crippen LogP contribution in [0, 0.1) is 6.92 Å². The van der Waals surface area contributed by atoms with Gasteiger partial charge in [0.15, 0.2) is 0 Å². The Morgan fingerprint density at radius 1 is 1.35 bits per heavy atom. The first-order valence-corrected chi connectivity index (χ1v) is 6.69. The molecule has 0 aliphatic carbocycles. The van der Waals surface area contributed by atoms with E-state index in [4.69, 9.17) is 0 Å². The number of rotatable bonds is 3. The summed E-state index contributed by atoms with van der Waals surface area (Å²) in [7, 11) is 1.57. The van der Waals surface area contributed by atoms with Gasteiger partial charge in [-0.1, -0.05) is 24.3 Å². The van der Waals surface area contributed by atoms with E-state index in [-0.39, 0.29) is 17.9 Å². The molecule has 0 aromatic heterocycles. The van der Waals surface area contributed by atoms with Crippen LogP contribution >= 0.6 is 0 Å².